The minimum atomic E-state index is -0.887. The van der Waals surface area contributed by atoms with Gasteiger partial charge in [0.25, 0.3) is 0 Å². The number of rotatable bonds is 1. The fourth-order valence-corrected chi connectivity index (χ4v) is 3.22. The zero-order valence-electron chi connectivity index (χ0n) is 12.6. The van der Waals surface area contributed by atoms with Crippen LogP contribution in [-0.4, -0.2) is 27.8 Å². The summed E-state index contributed by atoms with van der Waals surface area (Å²) in [7, 11) is 0. The predicted molar refractivity (Wildman–Crippen MR) is 77.6 cm³/mol. The Bertz CT molecular complexity index is 533. The third-order valence-corrected chi connectivity index (χ3v) is 4.78. The zero-order valence-corrected chi connectivity index (χ0v) is 12.6. The van der Waals surface area contributed by atoms with Gasteiger partial charge in [0.05, 0.1) is 12.1 Å². The van der Waals surface area contributed by atoms with Crippen LogP contribution in [0.2, 0.25) is 0 Å². The van der Waals surface area contributed by atoms with Gasteiger partial charge in [-0.3, -0.25) is 4.90 Å². The summed E-state index contributed by atoms with van der Waals surface area (Å²) >= 11 is 0. The molecule has 1 atom stereocenters. The number of hydrogen-bond acceptors (Lipinski definition) is 2. The van der Waals surface area contributed by atoms with E-state index in [4.69, 9.17) is 0 Å². The molecule has 0 saturated carbocycles. The van der Waals surface area contributed by atoms with Crippen LogP contribution in [-0.2, 0) is 18.6 Å². The molecule has 1 aliphatic rings. The fourth-order valence-electron chi connectivity index (χ4n) is 3.22. The lowest BCUT2D eigenvalue weighted by Crippen LogP contribution is -2.58. The third-order valence-electron chi connectivity index (χ3n) is 4.78. The number of benzene rings is 1. The van der Waals surface area contributed by atoms with Crippen molar-refractivity contribution in [3.63, 3.8) is 0 Å². The van der Waals surface area contributed by atoms with Crippen LogP contribution in [0.25, 0.3) is 0 Å². The molecule has 20 heavy (non-hydrogen) atoms. The van der Waals surface area contributed by atoms with Crippen LogP contribution in [0.1, 0.15) is 44.4 Å². The van der Waals surface area contributed by atoms with Crippen molar-refractivity contribution in [2.75, 3.05) is 6.54 Å². The fraction of sp³-hybridized carbons (Fsp3) is 0.562. The summed E-state index contributed by atoms with van der Waals surface area (Å²) in [5.74, 6) is 0. The van der Waals surface area contributed by atoms with E-state index in [1.165, 1.54) is 4.90 Å². The van der Waals surface area contributed by atoms with Crippen molar-refractivity contribution in [3.8, 4) is 0 Å². The van der Waals surface area contributed by atoms with E-state index in [0.717, 1.165) is 16.7 Å². The molecule has 1 aromatic carbocycles. The van der Waals surface area contributed by atoms with Crippen molar-refractivity contribution in [1.29, 1.82) is 0 Å². The first-order valence-corrected chi connectivity index (χ1v) is 6.96. The first-order chi connectivity index (χ1) is 9.23. The summed E-state index contributed by atoms with van der Waals surface area (Å²) in [4.78, 5) is 13.2. The number of carboxylic acid groups (broad SMARTS) is 1. The number of carbonyl (C=O) groups is 1. The SMILES string of the molecule is CC(C)(C)[C@@]1(C)c2cccc(CO)c2CCN1C(=O)O. The molecule has 0 bridgehead atoms. The second-order valence-electron chi connectivity index (χ2n) is 6.61. The summed E-state index contributed by atoms with van der Waals surface area (Å²) in [6, 6.07) is 5.81. The Morgan fingerprint density at radius 2 is 2.05 bits per heavy atom. The van der Waals surface area contributed by atoms with Crippen LogP contribution < -0.4 is 0 Å². The lowest BCUT2D eigenvalue weighted by molar-refractivity contribution is 0.00343. The van der Waals surface area contributed by atoms with Crippen molar-refractivity contribution in [2.45, 2.75) is 46.3 Å². The van der Waals surface area contributed by atoms with Gasteiger partial charge in [0, 0.05) is 6.54 Å². The molecular weight excluding hydrogens is 254 g/mol. The molecule has 110 valence electrons. The Balaban J connectivity index is 2.70. The molecule has 1 heterocycles. The van der Waals surface area contributed by atoms with E-state index in [2.05, 4.69) is 20.8 Å². The maximum absolute atomic E-state index is 11.7. The number of amides is 1. The lowest BCUT2D eigenvalue weighted by Gasteiger charge is -2.52. The monoisotopic (exact) mass is 277 g/mol. The van der Waals surface area contributed by atoms with E-state index in [1.807, 2.05) is 25.1 Å². The summed E-state index contributed by atoms with van der Waals surface area (Å²) in [6.45, 7) is 8.63. The molecule has 0 spiro atoms. The minimum Gasteiger partial charge on any atom is -0.465 e. The van der Waals surface area contributed by atoms with Gasteiger partial charge in [0.2, 0.25) is 0 Å². The first kappa shape index (κ1) is 14.9. The quantitative estimate of drug-likeness (QED) is 0.829. The second-order valence-corrected chi connectivity index (χ2v) is 6.61. The van der Waals surface area contributed by atoms with Gasteiger partial charge in [-0.1, -0.05) is 39.0 Å². The maximum Gasteiger partial charge on any atom is 0.408 e. The van der Waals surface area contributed by atoms with E-state index in [0.29, 0.717) is 13.0 Å². The summed E-state index contributed by atoms with van der Waals surface area (Å²) in [6.07, 6.45) is -0.230. The van der Waals surface area contributed by atoms with Gasteiger partial charge >= 0.3 is 6.09 Å². The first-order valence-electron chi connectivity index (χ1n) is 6.96. The van der Waals surface area contributed by atoms with E-state index in [1.54, 1.807) is 0 Å². The van der Waals surface area contributed by atoms with Crippen LogP contribution >= 0.6 is 0 Å². The average Bonchev–Trinajstić information content (AvgIpc) is 2.36. The highest BCUT2D eigenvalue weighted by Gasteiger charge is 2.49. The number of nitrogens with zero attached hydrogens (tertiary/aromatic N) is 1. The van der Waals surface area contributed by atoms with E-state index in [-0.39, 0.29) is 12.0 Å². The van der Waals surface area contributed by atoms with Crippen LogP contribution in [0.4, 0.5) is 4.79 Å². The molecule has 0 saturated heterocycles. The molecule has 1 aromatic rings. The number of fused-ring (bicyclic) bond motifs is 1. The molecule has 4 heteroatoms. The van der Waals surface area contributed by atoms with E-state index >= 15 is 0 Å². The molecule has 0 unspecified atom stereocenters. The molecule has 4 nitrogen and oxygen atoms in total. The van der Waals surface area contributed by atoms with Crippen LogP contribution in [0.5, 0.6) is 0 Å². The lowest BCUT2D eigenvalue weighted by atomic mass is 9.66. The molecule has 1 amide bonds. The normalized spacial score (nSPS) is 22.6. The van der Waals surface area contributed by atoms with Gasteiger partial charge in [-0.15, -0.1) is 0 Å². The Morgan fingerprint density at radius 3 is 2.55 bits per heavy atom. The van der Waals surface area contributed by atoms with Gasteiger partial charge in [-0.2, -0.15) is 0 Å². The van der Waals surface area contributed by atoms with Crippen LogP contribution in [0.3, 0.4) is 0 Å². The van der Waals surface area contributed by atoms with Gasteiger partial charge < -0.3 is 10.2 Å². The maximum atomic E-state index is 11.7. The standard InChI is InChI=1S/C16H23NO3/c1-15(2,3)16(4)13-7-5-6-11(10-18)12(13)8-9-17(16)14(19)20/h5-7,18H,8-10H2,1-4H3,(H,19,20)/t16-/m1/s1. The molecule has 2 N–H and O–H groups in total. The average molecular weight is 277 g/mol. The van der Waals surface area contributed by atoms with Crippen molar-refractivity contribution < 1.29 is 15.0 Å². The van der Waals surface area contributed by atoms with Crippen molar-refractivity contribution >= 4 is 6.09 Å². The molecule has 0 aliphatic carbocycles. The summed E-state index contributed by atoms with van der Waals surface area (Å²) in [5.41, 5.74) is 2.19. The number of aliphatic hydroxyl groups excluding tert-OH is 1. The number of hydrogen-bond donors (Lipinski definition) is 2. The highest BCUT2D eigenvalue weighted by molar-refractivity contribution is 5.68. The largest absolute Gasteiger partial charge is 0.465 e. The summed E-state index contributed by atoms with van der Waals surface area (Å²) in [5, 5.41) is 19.1. The molecular formula is C16H23NO3. The van der Waals surface area contributed by atoms with Gasteiger partial charge in [0.15, 0.2) is 0 Å². The highest BCUT2D eigenvalue weighted by Crippen LogP contribution is 2.48. The molecule has 0 radical (unpaired) electrons. The van der Waals surface area contributed by atoms with Crippen molar-refractivity contribution in [1.82, 2.24) is 4.90 Å². The Labute approximate surface area is 120 Å². The van der Waals surface area contributed by atoms with Crippen molar-refractivity contribution in [2.24, 2.45) is 5.41 Å². The predicted octanol–water partition coefficient (Wildman–Crippen LogP) is 2.98. The number of aliphatic hydroxyl groups is 1. The van der Waals surface area contributed by atoms with E-state index < -0.39 is 11.6 Å². The Morgan fingerprint density at radius 1 is 1.40 bits per heavy atom. The Kier molecular flexibility index (Phi) is 3.54. The molecule has 0 fully saturated rings. The smallest absolute Gasteiger partial charge is 0.408 e. The highest BCUT2D eigenvalue weighted by atomic mass is 16.4. The zero-order chi connectivity index (χ0) is 15.1. The topological polar surface area (TPSA) is 60.8 Å². The van der Waals surface area contributed by atoms with Crippen LogP contribution in [0, 0.1) is 5.41 Å². The second kappa shape index (κ2) is 4.77. The van der Waals surface area contributed by atoms with Crippen molar-refractivity contribution in [3.05, 3.63) is 34.9 Å². The van der Waals surface area contributed by atoms with E-state index in [9.17, 15) is 15.0 Å². The molecule has 2 rings (SSSR count). The minimum absolute atomic E-state index is 0.00350. The van der Waals surface area contributed by atoms with Gasteiger partial charge in [0.1, 0.15) is 0 Å². The third kappa shape index (κ3) is 1.99. The van der Waals surface area contributed by atoms with Crippen LogP contribution in [0.15, 0.2) is 18.2 Å². The Hall–Kier alpha value is -1.55. The summed E-state index contributed by atoms with van der Waals surface area (Å²) < 4.78 is 0. The van der Waals surface area contributed by atoms with Gasteiger partial charge in [-0.25, -0.2) is 4.79 Å². The van der Waals surface area contributed by atoms with Gasteiger partial charge in [-0.05, 0) is 35.4 Å². The molecule has 0 aromatic heterocycles. The molecule has 1 aliphatic heterocycles.